The summed E-state index contributed by atoms with van der Waals surface area (Å²) >= 11 is 0. The Morgan fingerprint density at radius 3 is 1.79 bits per heavy atom. The molecule has 150 valence electrons. The average molecular weight is 411 g/mol. The molecule has 0 aromatic heterocycles. The summed E-state index contributed by atoms with van der Waals surface area (Å²) in [6.07, 6.45) is 5.40. The maximum atomic E-state index is 12.3. The van der Waals surface area contributed by atoms with Crippen molar-refractivity contribution in [2.24, 2.45) is 5.92 Å². The number of allylic oxidation sites excluding steroid dienone is 2. The first-order valence-corrected chi connectivity index (χ1v) is 15.7. The third kappa shape index (κ3) is 5.40. The largest absolute Gasteiger partial charge is 0.424 e. The lowest BCUT2D eigenvalue weighted by Crippen LogP contribution is -2.65. The molecule has 0 saturated heterocycles. The van der Waals surface area contributed by atoms with E-state index in [1.165, 1.54) is 0 Å². The molecule has 0 aliphatic heterocycles. The first kappa shape index (κ1) is 22.5. The molecular formula is C24H34O2Si2. The number of benzene rings is 2. The van der Waals surface area contributed by atoms with Gasteiger partial charge in [0.1, 0.15) is 6.29 Å². The fraction of sp³-hybridized carbons (Fsp3) is 0.375. The van der Waals surface area contributed by atoms with E-state index in [-0.39, 0.29) is 5.04 Å². The summed E-state index contributed by atoms with van der Waals surface area (Å²) in [6, 6.07) is 21.4. The number of rotatable bonds is 9. The Hall–Kier alpha value is -1.76. The van der Waals surface area contributed by atoms with E-state index in [2.05, 4.69) is 63.8 Å². The van der Waals surface area contributed by atoms with Crippen LogP contribution in [0, 0.1) is 5.92 Å². The lowest BCUT2D eigenvalue weighted by atomic mass is 9.97. The summed E-state index contributed by atoms with van der Waals surface area (Å²) in [5.74, 6) is 0.290. The van der Waals surface area contributed by atoms with Gasteiger partial charge < -0.3 is 4.80 Å². The van der Waals surface area contributed by atoms with Gasteiger partial charge in [0.15, 0.2) is 0 Å². The molecule has 0 spiro atoms. The number of hydrogen-bond donors (Lipinski definition) is 1. The summed E-state index contributed by atoms with van der Waals surface area (Å²) in [4.78, 5) is 23.3. The van der Waals surface area contributed by atoms with Gasteiger partial charge in [-0.15, -0.1) is 0 Å². The molecule has 0 aliphatic rings. The molecule has 0 fully saturated rings. The van der Waals surface area contributed by atoms with Gasteiger partial charge in [-0.1, -0.05) is 106 Å². The second kappa shape index (κ2) is 9.16. The van der Waals surface area contributed by atoms with Gasteiger partial charge in [-0.2, -0.15) is 0 Å². The van der Waals surface area contributed by atoms with Crippen LogP contribution in [-0.2, 0) is 4.79 Å². The van der Waals surface area contributed by atoms with Crippen molar-refractivity contribution in [1.82, 2.24) is 0 Å². The highest BCUT2D eigenvalue weighted by atomic mass is 28.4. The Kier molecular flexibility index (Phi) is 7.37. The number of aldehydes is 1. The van der Waals surface area contributed by atoms with E-state index in [1.807, 2.05) is 36.4 Å². The topological polar surface area (TPSA) is 37.3 Å². The zero-order valence-corrected chi connectivity index (χ0v) is 19.9. The minimum atomic E-state index is -3.01. The van der Waals surface area contributed by atoms with Crippen LogP contribution in [0.25, 0.3) is 0 Å². The normalized spacial score (nSPS) is 14.2. The molecule has 2 nitrogen and oxygen atoms in total. The van der Waals surface area contributed by atoms with Crippen molar-refractivity contribution in [3.8, 4) is 0 Å². The Labute approximate surface area is 172 Å². The highest BCUT2D eigenvalue weighted by molar-refractivity contribution is 6.98. The summed E-state index contributed by atoms with van der Waals surface area (Å²) in [6.45, 7) is 11.5. The third-order valence-corrected chi connectivity index (χ3v) is 11.7. The average Bonchev–Trinajstić information content (AvgIpc) is 2.65. The molecule has 0 saturated carbocycles. The van der Waals surface area contributed by atoms with E-state index in [1.54, 1.807) is 6.08 Å². The Bertz CT molecular complexity index is 738. The van der Waals surface area contributed by atoms with Crippen molar-refractivity contribution in [1.29, 1.82) is 0 Å². The second-order valence-electron chi connectivity index (χ2n) is 9.58. The molecule has 2 aromatic rings. The molecule has 4 heteroatoms. The van der Waals surface area contributed by atoms with Gasteiger partial charge in [-0.05, 0) is 33.8 Å². The van der Waals surface area contributed by atoms with Crippen LogP contribution in [0.15, 0.2) is 72.8 Å². The quantitative estimate of drug-likeness (QED) is 0.372. The van der Waals surface area contributed by atoms with E-state index in [4.69, 9.17) is 0 Å². The molecule has 0 amide bonds. The minimum Gasteiger partial charge on any atom is -0.424 e. The van der Waals surface area contributed by atoms with Gasteiger partial charge in [0.2, 0.25) is 0 Å². The Morgan fingerprint density at radius 1 is 0.929 bits per heavy atom. The molecule has 0 unspecified atom stereocenters. The van der Waals surface area contributed by atoms with E-state index in [9.17, 15) is 9.59 Å². The fourth-order valence-corrected chi connectivity index (χ4v) is 9.96. The second-order valence-corrected chi connectivity index (χ2v) is 19.0. The molecule has 1 atom stereocenters. The van der Waals surface area contributed by atoms with Crippen LogP contribution in [0.5, 0.6) is 0 Å². The van der Waals surface area contributed by atoms with Crippen molar-refractivity contribution >= 4 is 33.1 Å². The summed E-state index contributed by atoms with van der Waals surface area (Å²) < 4.78 is 0. The monoisotopic (exact) mass is 410 g/mol. The zero-order valence-electron chi connectivity index (χ0n) is 17.9. The number of carbonyl (C=O) groups excluding carboxylic acids is 1. The fourth-order valence-electron chi connectivity index (χ4n) is 4.31. The maximum Gasteiger partial charge on any atom is 0.258 e. The van der Waals surface area contributed by atoms with Crippen LogP contribution < -0.4 is 10.4 Å². The Balaban J connectivity index is 2.51. The van der Waals surface area contributed by atoms with Crippen LogP contribution in [0.1, 0.15) is 20.3 Å². The van der Waals surface area contributed by atoms with E-state index in [0.717, 1.165) is 29.1 Å². The van der Waals surface area contributed by atoms with Gasteiger partial charge >= 0.3 is 0 Å². The van der Waals surface area contributed by atoms with Crippen LogP contribution in [0.3, 0.4) is 0 Å². The van der Waals surface area contributed by atoms with E-state index in [0.29, 0.717) is 5.92 Å². The molecule has 0 heterocycles. The molecule has 0 radical (unpaired) electrons. The standard InChI is InChI=1S/C24H34O2Si2/c1-24(2,19-21(13-12-18-25)20-27(3,4)5)28(26,22-14-8-6-9-15-22)23-16-10-7-11-17-23/h6-18,21,26H,19-20H2,1-5H3/b13-12+/t21-/m1/s1. The number of carbonyl (C=O) groups is 1. The van der Waals surface area contributed by atoms with E-state index >= 15 is 0 Å². The van der Waals surface area contributed by atoms with Crippen LogP contribution in [0.4, 0.5) is 0 Å². The van der Waals surface area contributed by atoms with Gasteiger partial charge in [-0.25, -0.2) is 0 Å². The first-order valence-electron chi connectivity index (χ1n) is 10.1. The molecule has 2 rings (SSSR count). The van der Waals surface area contributed by atoms with Crippen molar-refractivity contribution in [2.45, 2.75) is 51.0 Å². The van der Waals surface area contributed by atoms with Gasteiger partial charge in [-0.3, -0.25) is 4.79 Å². The third-order valence-electron chi connectivity index (χ3n) is 5.47. The molecule has 2 aromatic carbocycles. The Morgan fingerprint density at radius 2 is 1.39 bits per heavy atom. The van der Waals surface area contributed by atoms with Gasteiger partial charge in [0.05, 0.1) is 0 Å². The molecular weight excluding hydrogens is 376 g/mol. The zero-order chi connectivity index (χ0) is 20.8. The van der Waals surface area contributed by atoms with Crippen molar-refractivity contribution in [3.05, 3.63) is 72.8 Å². The molecule has 0 bridgehead atoms. The molecule has 0 aliphatic carbocycles. The first-order chi connectivity index (χ1) is 13.1. The van der Waals surface area contributed by atoms with Crippen LogP contribution >= 0.6 is 0 Å². The van der Waals surface area contributed by atoms with E-state index < -0.39 is 16.4 Å². The van der Waals surface area contributed by atoms with Crippen molar-refractivity contribution in [3.63, 3.8) is 0 Å². The molecule has 28 heavy (non-hydrogen) atoms. The maximum absolute atomic E-state index is 12.3. The lowest BCUT2D eigenvalue weighted by molar-refractivity contribution is -0.104. The van der Waals surface area contributed by atoms with Gasteiger partial charge in [0, 0.05) is 8.07 Å². The van der Waals surface area contributed by atoms with Crippen LogP contribution in [-0.4, -0.2) is 27.5 Å². The van der Waals surface area contributed by atoms with Crippen molar-refractivity contribution in [2.75, 3.05) is 0 Å². The lowest BCUT2D eigenvalue weighted by Gasteiger charge is -2.43. The predicted molar refractivity (Wildman–Crippen MR) is 126 cm³/mol. The molecule has 1 N–H and O–H groups in total. The smallest absolute Gasteiger partial charge is 0.258 e. The highest BCUT2D eigenvalue weighted by Gasteiger charge is 2.50. The highest BCUT2D eigenvalue weighted by Crippen LogP contribution is 2.43. The van der Waals surface area contributed by atoms with Crippen LogP contribution in [0.2, 0.25) is 30.7 Å². The minimum absolute atomic E-state index is 0.290. The summed E-state index contributed by atoms with van der Waals surface area (Å²) in [5, 5.41) is 1.78. The van der Waals surface area contributed by atoms with Crippen molar-refractivity contribution < 1.29 is 9.59 Å². The van der Waals surface area contributed by atoms with Gasteiger partial charge in [0.25, 0.3) is 8.32 Å². The summed E-state index contributed by atoms with van der Waals surface area (Å²) in [5.41, 5.74) is 0. The SMILES string of the molecule is CC(C)(C[C@@H](/C=C/C=O)C[Si](C)(C)C)[Si](O)(c1ccccc1)c1ccccc1. The number of hydrogen-bond acceptors (Lipinski definition) is 2. The predicted octanol–water partition coefficient (Wildman–Crippen LogP) is 4.62. The summed E-state index contributed by atoms with van der Waals surface area (Å²) in [7, 11) is -4.33.